The van der Waals surface area contributed by atoms with Crippen LogP contribution in [0.5, 0.6) is 0 Å². The molecule has 0 fully saturated rings. The lowest BCUT2D eigenvalue weighted by Gasteiger charge is -2.18. The second kappa shape index (κ2) is 32.3. The SMILES string of the molecule is CCCCCCCCCCCCC(=O)OC[C@@H](COC(=O)CCCCCCCCC)OC(=O)CCCCCCCCC. The van der Waals surface area contributed by atoms with Crippen LogP contribution in [0.4, 0.5) is 0 Å². The van der Waals surface area contributed by atoms with Gasteiger partial charge in [0.25, 0.3) is 0 Å². The van der Waals surface area contributed by atoms with Crippen LogP contribution in [0.2, 0.25) is 0 Å². The number of esters is 3. The molecule has 0 aromatic heterocycles. The van der Waals surface area contributed by atoms with Crippen molar-refractivity contribution in [2.24, 2.45) is 0 Å². The zero-order valence-corrected chi connectivity index (χ0v) is 28.0. The maximum absolute atomic E-state index is 12.5. The van der Waals surface area contributed by atoms with Gasteiger partial charge in [-0.1, -0.05) is 156 Å². The summed E-state index contributed by atoms with van der Waals surface area (Å²) in [5, 5.41) is 0. The number of carbonyl (C=O) groups is 3. The molecule has 248 valence electrons. The highest BCUT2D eigenvalue weighted by atomic mass is 16.6. The molecule has 0 N–H and O–H groups in total. The Morgan fingerprint density at radius 2 is 0.643 bits per heavy atom. The summed E-state index contributed by atoms with van der Waals surface area (Å²) in [5.41, 5.74) is 0. The quantitative estimate of drug-likeness (QED) is 0.0436. The minimum absolute atomic E-state index is 0.0654. The van der Waals surface area contributed by atoms with E-state index in [1.165, 1.54) is 96.3 Å². The molecule has 0 heterocycles. The Hall–Kier alpha value is -1.59. The van der Waals surface area contributed by atoms with E-state index < -0.39 is 6.10 Å². The van der Waals surface area contributed by atoms with Crippen LogP contribution in [0.3, 0.4) is 0 Å². The minimum Gasteiger partial charge on any atom is -0.462 e. The fraction of sp³-hybridized carbons (Fsp3) is 0.917. The molecule has 0 bridgehead atoms. The normalized spacial score (nSPS) is 11.8. The molecule has 0 rings (SSSR count). The third kappa shape index (κ3) is 29.9. The number of unbranched alkanes of at least 4 members (excludes halogenated alkanes) is 21. The highest BCUT2D eigenvalue weighted by Gasteiger charge is 2.19. The Morgan fingerprint density at radius 3 is 0.952 bits per heavy atom. The van der Waals surface area contributed by atoms with Crippen LogP contribution in [-0.2, 0) is 28.6 Å². The first-order valence-electron chi connectivity index (χ1n) is 18.0. The molecule has 6 heteroatoms. The third-order valence-electron chi connectivity index (χ3n) is 7.86. The van der Waals surface area contributed by atoms with E-state index in [1.54, 1.807) is 0 Å². The van der Waals surface area contributed by atoms with Gasteiger partial charge in [0.05, 0.1) is 0 Å². The molecule has 0 aliphatic carbocycles. The molecule has 0 aromatic carbocycles. The summed E-state index contributed by atoms with van der Waals surface area (Å²) in [6, 6.07) is 0. The maximum atomic E-state index is 12.5. The van der Waals surface area contributed by atoms with Crippen molar-refractivity contribution in [1.29, 1.82) is 0 Å². The molecule has 0 aliphatic rings. The van der Waals surface area contributed by atoms with Crippen molar-refractivity contribution in [2.45, 2.75) is 200 Å². The van der Waals surface area contributed by atoms with Gasteiger partial charge in [-0.05, 0) is 19.3 Å². The first kappa shape index (κ1) is 40.4. The van der Waals surface area contributed by atoms with E-state index in [2.05, 4.69) is 20.8 Å². The van der Waals surface area contributed by atoms with Gasteiger partial charge in [-0.2, -0.15) is 0 Å². The van der Waals surface area contributed by atoms with Crippen LogP contribution in [0.1, 0.15) is 194 Å². The van der Waals surface area contributed by atoms with E-state index in [1.807, 2.05) is 0 Å². The molecular weight excluding hydrogens is 528 g/mol. The number of rotatable bonds is 32. The first-order chi connectivity index (χ1) is 20.5. The van der Waals surface area contributed by atoms with Crippen molar-refractivity contribution in [3.63, 3.8) is 0 Å². The van der Waals surface area contributed by atoms with Crippen LogP contribution < -0.4 is 0 Å². The molecule has 42 heavy (non-hydrogen) atoms. The summed E-state index contributed by atoms with van der Waals surface area (Å²) in [7, 11) is 0. The summed E-state index contributed by atoms with van der Waals surface area (Å²) in [5.74, 6) is -0.882. The van der Waals surface area contributed by atoms with E-state index in [4.69, 9.17) is 14.2 Å². The second-order valence-electron chi connectivity index (χ2n) is 12.2. The summed E-state index contributed by atoms with van der Waals surface area (Å²) >= 11 is 0. The molecule has 0 saturated heterocycles. The van der Waals surface area contributed by atoms with E-state index in [0.29, 0.717) is 19.3 Å². The Bertz CT molecular complexity index is 620. The minimum atomic E-state index is -0.753. The zero-order valence-electron chi connectivity index (χ0n) is 28.0. The lowest BCUT2D eigenvalue weighted by Crippen LogP contribution is -2.30. The van der Waals surface area contributed by atoms with Crippen LogP contribution in [0.25, 0.3) is 0 Å². The Balaban J connectivity index is 4.32. The molecule has 0 aliphatic heterocycles. The van der Waals surface area contributed by atoms with Crippen molar-refractivity contribution < 1.29 is 28.6 Å². The lowest BCUT2D eigenvalue weighted by molar-refractivity contribution is -0.167. The van der Waals surface area contributed by atoms with Crippen molar-refractivity contribution in [1.82, 2.24) is 0 Å². The van der Waals surface area contributed by atoms with Gasteiger partial charge in [-0.3, -0.25) is 14.4 Å². The molecule has 0 aromatic rings. The monoisotopic (exact) mass is 597 g/mol. The highest BCUT2D eigenvalue weighted by molar-refractivity contribution is 5.71. The Morgan fingerprint density at radius 1 is 0.381 bits per heavy atom. The zero-order chi connectivity index (χ0) is 30.9. The lowest BCUT2D eigenvalue weighted by atomic mass is 10.1. The van der Waals surface area contributed by atoms with E-state index in [-0.39, 0.29) is 31.1 Å². The summed E-state index contributed by atoms with van der Waals surface area (Å²) in [6.07, 6.45) is 28.2. The van der Waals surface area contributed by atoms with Crippen LogP contribution in [0, 0.1) is 0 Å². The van der Waals surface area contributed by atoms with Gasteiger partial charge in [0.15, 0.2) is 6.10 Å². The largest absolute Gasteiger partial charge is 0.462 e. The predicted octanol–water partition coefficient (Wildman–Crippen LogP) is 10.6. The van der Waals surface area contributed by atoms with E-state index in [9.17, 15) is 14.4 Å². The molecular formula is C36H68O6. The fourth-order valence-electron chi connectivity index (χ4n) is 5.09. The smallest absolute Gasteiger partial charge is 0.306 e. The van der Waals surface area contributed by atoms with Gasteiger partial charge < -0.3 is 14.2 Å². The average Bonchev–Trinajstić information content (AvgIpc) is 2.98. The van der Waals surface area contributed by atoms with Gasteiger partial charge in [0.1, 0.15) is 13.2 Å². The molecule has 0 saturated carbocycles. The molecule has 0 radical (unpaired) electrons. The van der Waals surface area contributed by atoms with Crippen molar-refractivity contribution >= 4 is 17.9 Å². The van der Waals surface area contributed by atoms with Gasteiger partial charge >= 0.3 is 17.9 Å². The molecule has 0 spiro atoms. The molecule has 6 nitrogen and oxygen atoms in total. The van der Waals surface area contributed by atoms with Gasteiger partial charge in [-0.15, -0.1) is 0 Å². The molecule has 0 unspecified atom stereocenters. The highest BCUT2D eigenvalue weighted by Crippen LogP contribution is 2.13. The van der Waals surface area contributed by atoms with Crippen LogP contribution in [0.15, 0.2) is 0 Å². The van der Waals surface area contributed by atoms with Crippen molar-refractivity contribution in [2.75, 3.05) is 13.2 Å². The second-order valence-corrected chi connectivity index (χ2v) is 12.2. The number of hydrogen-bond acceptors (Lipinski definition) is 6. The summed E-state index contributed by atoms with van der Waals surface area (Å²) in [4.78, 5) is 37.1. The van der Waals surface area contributed by atoms with Crippen LogP contribution in [-0.4, -0.2) is 37.2 Å². The first-order valence-corrected chi connectivity index (χ1v) is 18.0. The number of carbonyl (C=O) groups excluding carboxylic acids is 3. The fourth-order valence-corrected chi connectivity index (χ4v) is 5.09. The van der Waals surface area contributed by atoms with E-state index in [0.717, 1.165) is 57.8 Å². The van der Waals surface area contributed by atoms with Gasteiger partial charge in [0.2, 0.25) is 0 Å². The predicted molar refractivity (Wildman–Crippen MR) is 173 cm³/mol. The Labute approximate surface area is 259 Å². The topological polar surface area (TPSA) is 78.9 Å². The number of ether oxygens (including phenoxy) is 3. The standard InChI is InChI=1S/C36H68O6/c1-4-7-10-13-16-17-18-21-23-26-29-35(38)41-32-33(42-36(39)30-27-24-20-15-12-9-6-3)31-40-34(37)28-25-22-19-14-11-8-5-2/h33H,4-32H2,1-3H3/t33-/m1/s1. The van der Waals surface area contributed by atoms with Gasteiger partial charge in [-0.25, -0.2) is 0 Å². The number of hydrogen-bond donors (Lipinski definition) is 0. The summed E-state index contributed by atoms with van der Waals surface area (Å²) < 4.78 is 16.4. The van der Waals surface area contributed by atoms with Crippen molar-refractivity contribution in [3.8, 4) is 0 Å². The van der Waals surface area contributed by atoms with Crippen LogP contribution >= 0.6 is 0 Å². The molecule has 1 atom stereocenters. The average molecular weight is 597 g/mol. The Kier molecular flexibility index (Phi) is 31.1. The third-order valence-corrected chi connectivity index (χ3v) is 7.86. The van der Waals surface area contributed by atoms with Gasteiger partial charge in [0, 0.05) is 19.3 Å². The maximum Gasteiger partial charge on any atom is 0.306 e. The van der Waals surface area contributed by atoms with Crippen molar-refractivity contribution in [3.05, 3.63) is 0 Å². The van der Waals surface area contributed by atoms with E-state index >= 15 is 0 Å². The summed E-state index contributed by atoms with van der Waals surface area (Å²) in [6.45, 7) is 6.52. The molecule has 0 amide bonds.